The fraction of sp³-hybridized carbons (Fsp3) is 0. The van der Waals surface area contributed by atoms with Gasteiger partial charge in [0.15, 0.2) is 0 Å². The summed E-state index contributed by atoms with van der Waals surface area (Å²) in [7, 11) is 0. The van der Waals surface area contributed by atoms with Crippen LogP contribution >= 0.6 is 11.8 Å². The van der Waals surface area contributed by atoms with Gasteiger partial charge in [-0.1, -0.05) is 48.2 Å². The second kappa shape index (κ2) is 6.14. The SMILES string of the molecule is O=c1oc2ccccc2c2c1=C(c1cccc(O)c1)Sc1ccccc1N=2. The third-order valence-electron chi connectivity index (χ3n) is 4.43. The first-order valence-corrected chi connectivity index (χ1v) is 9.23. The van der Waals surface area contributed by atoms with E-state index in [9.17, 15) is 9.90 Å². The quantitative estimate of drug-likeness (QED) is 0.518. The molecule has 1 aromatic heterocycles. The predicted molar refractivity (Wildman–Crippen MR) is 106 cm³/mol. The van der Waals surface area contributed by atoms with Crippen LogP contribution in [0.15, 0.2) is 91.9 Å². The number of nitrogens with zero attached hydrogens (tertiary/aromatic N) is 1. The maximum Gasteiger partial charge on any atom is 0.346 e. The van der Waals surface area contributed by atoms with Crippen molar-refractivity contribution in [2.75, 3.05) is 0 Å². The van der Waals surface area contributed by atoms with Gasteiger partial charge in [-0.25, -0.2) is 9.79 Å². The number of thioether (sulfide) groups is 1. The summed E-state index contributed by atoms with van der Waals surface area (Å²) in [5, 5.41) is 11.7. The largest absolute Gasteiger partial charge is 0.508 e. The molecule has 0 aliphatic carbocycles. The van der Waals surface area contributed by atoms with Gasteiger partial charge >= 0.3 is 5.63 Å². The fourth-order valence-electron chi connectivity index (χ4n) is 3.22. The lowest BCUT2D eigenvalue weighted by atomic mass is 10.1. The van der Waals surface area contributed by atoms with E-state index in [1.54, 1.807) is 24.3 Å². The van der Waals surface area contributed by atoms with E-state index in [4.69, 9.17) is 9.41 Å². The fourth-order valence-corrected chi connectivity index (χ4v) is 4.33. The number of fused-ring (bicyclic) bond motifs is 4. The minimum atomic E-state index is -0.439. The van der Waals surface area contributed by atoms with Crippen molar-refractivity contribution in [3.63, 3.8) is 0 Å². The van der Waals surface area contributed by atoms with Crippen molar-refractivity contribution in [3.8, 4) is 5.75 Å². The maximum absolute atomic E-state index is 12.9. The Morgan fingerprint density at radius 3 is 2.63 bits per heavy atom. The van der Waals surface area contributed by atoms with Crippen LogP contribution in [0.4, 0.5) is 5.69 Å². The molecule has 2 heterocycles. The van der Waals surface area contributed by atoms with Gasteiger partial charge in [-0.2, -0.15) is 0 Å². The lowest BCUT2D eigenvalue weighted by Crippen LogP contribution is -2.40. The minimum Gasteiger partial charge on any atom is -0.508 e. The molecule has 5 rings (SSSR count). The number of aromatic hydroxyl groups is 1. The van der Waals surface area contributed by atoms with Crippen molar-refractivity contribution in [3.05, 3.63) is 99.4 Å². The van der Waals surface area contributed by atoms with Gasteiger partial charge in [0.25, 0.3) is 0 Å². The minimum absolute atomic E-state index is 0.141. The summed E-state index contributed by atoms with van der Waals surface area (Å²) in [6, 6.07) is 22.1. The molecule has 1 N–H and O–H groups in total. The average Bonchev–Trinajstić information content (AvgIpc) is 2.86. The monoisotopic (exact) mass is 371 g/mol. The lowest BCUT2D eigenvalue weighted by Gasteiger charge is -2.08. The molecule has 0 bridgehead atoms. The van der Waals surface area contributed by atoms with E-state index in [1.807, 2.05) is 48.5 Å². The third kappa shape index (κ3) is 2.64. The van der Waals surface area contributed by atoms with Gasteiger partial charge < -0.3 is 9.52 Å². The molecule has 0 fully saturated rings. The normalized spacial score (nSPS) is 12.8. The van der Waals surface area contributed by atoms with E-state index in [0.29, 0.717) is 21.1 Å². The Morgan fingerprint density at radius 2 is 1.74 bits per heavy atom. The van der Waals surface area contributed by atoms with Gasteiger partial charge in [0, 0.05) is 15.2 Å². The molecule has 0 saturated heterocycles. The van der Waals surface area contributed by atoms with E-state index in [1.165, 1.54) is 11.8 Å². The molecule has 5 heteroatoms. The summed E-state index contributed by atoms with van der Waals surface area (Å²) in [4.78, 5) is 19.4. The number of rotatable bonds is 1. The standard InChI is InChI=1S/C22H13NO3S/c24-14-7-5-6-13(12-14)21-19-20(23-16-9-2-4-11-18(16)27-21)15-8-1-3-10-17(15)26-22(19)25/h1-12,24H. The summed E-state index contributed by atoms with van der Waals surface area (Å²) < 4.78 is 5.58. The second-order valence-corrected chi connectivity index (χ2v) is 7.22. The Labute approximate surface area is 158 Å². The molecule has 3 aromatic carbocycles. The Bertz CT molecular complexity index is 1390. The zero-order chi connectivity index (χ0) is 18.4. The van der Waals surface area contributed by atoms with Crippen LogP contribution in [0.25, 0.3) is 15.9 Å². The van der Waals surface area contributed by atoms with Crippen LogP contribution < -0.4 is 16.2 Å². The predicted octanol–water partition coefficient (Wildman–Crippen LogP) is 3.71. The van der Waals surface area contributed by atoms with Crippen LogP contribution in [-0.2, 0) is 0 Å². The van der Waals surface area contributed by atoms with Gasteiger partial charge in [0.05, 0.1) is 11.0 Å². The van der Waals surface area contributed by atoms with Crippen LogP contribution in [0.3, 0.4) is 0 Å². The molecule has 0 amide bonds. The highest BCUT2D eigenvalue weighted by Crippen LogP contribution is 2.39. The zero-order valence-electron chi connectivity index (χ0n) is 14.0. The first-order chi connectivity index (χ1) is 13.2. The summed E-state index contributed by atoms with van der Waals surface area (Å²) in [5.74, 6) is 0.141. The molecule has 27 heavy (non-hydrogen) atoms. The van der Waals surface area contributed by atoms with Gasteiger partial charge in [-0.15, -0.1) is 0 Å². The van der Waals surface area contributed by atoms with Crippen molar-refractivity contribution >= 4 is 33.3 Å². The Kier molecular flexibility index (Phi) is 3.62. The molecule has 0 saturated carbocycles. The first kappa shape index (κ1) is 15.9. The van der Waals surface area contributed by atoms with Gasteiger partial charge in [0.2, 0.25) is 0 Å². The Balaban J connectivity index is 2.03. The van der Waals surface area contributed by atoms with Crippen LogP contribution in [0.1, 0.15) is 5.56 Å². The van der Waals surface area contributed by atoms with Crippen LogP contribution in [0.2, 0.25) is 0 Å². The molecule has 0 spiro atoms. The van der Waals surface area contributed by atoms with Gasteiger partial charge in [-0.3, -0.25) is 0 Å². The lowest BCUT2D eigenvalue weighted by molar-refractivity contribution is 0.475. The summed E-state index contributed by atoms with van der Waals surface area (Å²) in [6.07, 6.45) is 0. The van der Waals surface area contributed by atoms with E-state index in [2.05, 4.69) is 0 Å². The number of benzene rings is 3. The van der Waals surface area contributed by atoms with Crippen molar-refractivity contribution in [1.29, 1.82) is 0 Å². The topological polar surface area (TPSA) is 62.8 Å². The van der Waals surface area contributed by atoms with E-state index in [-0.39, 0.29) is 5.75 Å². The van der Waals surface area contributed by atoms with Gasteiger partial charge in [0.1, 0.15) is 16.6 Å². The van der Waals surface area contributed by atoms with Crippen molar-refractivity contribution in [2.45, 2.75) is 4.90 Å². The number of phenols is 1. The van der Waals surface area contributed by atoms with E-state index in [0.717, 1.165) is 21.5 Å². The first-order valence-electron chi connectivity index (χ1n) is 8.42. The number of phenolic OH excluding ortho intramolecular Hbond substituents is 1. The molecular weight excluding hydrogens is 358 g/mol. The Morgan fingerprint density at radius 1 is 0.926 bits per heavy atom. The highest BCUT2D eigenvalue weighted by molar-refractivity contribution is 8.08. The number of hydrogen-bond donors (Lipinski definition) is 1. The van der Waals surface area contributed by atoms with Crippen LogP contribution in [0, 0.1) is 0 Å². The zero-order valence-corrected chi connectivity index (χ0v) is 14.9. The molecule has 0 unspecified atom stereocenters. The molecular formula is C22H13NO3S. The maximum atomic E-state index is 12.9. The molecule has 4 nitrogen and oxygen atoms in total. The smallest absolute Gasteiger partial charge is 0.346 e. The Hall–Kier alpha value is -3.31. The highest BCUT2D eigenvalue weighted by atomic mass is 32.2. The molecule has 130 valence electrons. The number of hydrogen-bond acceptors (Lipinski definition) is 5. The third-order valence-corrected chi connectivity index (χ3v) is 5.64. The molecule has 0 radical (unpaired) electrons. The van der Waals surface area contributed by atoms with Crippen LogP contribution in [-0.4, -0.2) is 5.11 Å². The molecule has 4 aromatic rings. The summed E-state index contributed by atoms with van der Waals surface area (Å²) in [5.41, 5.74) is 1.61. The summed E-state index contributed by atoms with van der Waals surface area (Å²) >= 11 is 1.46. The highest BCUT2D eigenvalue weighted by Gasteiger charge is 2.18. The average molecular weight is 371 g/mol. The van der Waals surface area contributed by atoms with Crippen molar-refractivity contribution in [2.24, 2.45) is 4.99 Å². The molecule has 1 aliphatic rings. The summed E-state index contributed by atoms with van der Waals surface area (Å²) in [6.45, 7) is 0. The van der Waals surface area contributed by atoms with E-state index >= 15 is 0 Å². The van der Waals surface area contributed by atoms with Crippen molar-refractivity contribution in [1.82, 2.24) is 0 Å². The van der Waals surface area contributed by atoms with Gasteiger partial charge in [-0.05, 0) is 42.0 Å². The molecule has 0 atom stereocenters. The van der Waals surface area contributed by atoms with Crippen molar-refractivity contribution < 1.29 is 9.52 Å². The molecule has 1 aliphatic heterocycles. The van der Waals surface area contributed by atoms with E-state index < -0.39 is 5.63 Å². The number of para-hydroxylation sites is 2. The van der Waals surface area contributed by atoms with Crippen LogP contribution in [0.5, 0.6) is 5.75 Å². The second-order valence-electron chi connectivity index (χ2n) is 6.17.